The van der Waals surface area contributed by atoms with Gasteiger partial charge in [-0.2, -0.15) is 0 Å². The number of ether oxygens (including phenoxy) is 2. The Morgan fingerprint density at radius 2 is 1.67 bits per heavy atom. The Morgan fingerprint density at radius 3 is 2.42 bits per heavy atom. The Bertz CT molecular complexity index is 806. The molecular formula is C20H24N2O2. The summed E-state index contributed by atoms with van der Waals surface area (Å²) in [5.41, 5.74) is 4.90. The van der Waals surface area contributed by atoms with Crippen LogP contribution in [0.25, 0.3) is 11.0 Å². The van der Waals surface area contributed by atoms with Gasteiger partial charge < -0.3 is 14.0 Å². The number of aromatic nitrogens is 2. The van der Waals surface area contributed by atoms with Crippen molar-refractivity contribution in [2.75, 3.05) is 13.7 Å². The van der Waals surface area contributed by atoms with E-state index in [0.29, 0.717) is 0 Å². The second-order valence-corrected chi connectivity index (χ2v) is 6.09. The molecule has 0 spiro atoms. The van der Waals surface area contributed by atoms with Gasteiger partial charge in [0.1, 0.15) is 11.5 Å². The number of nitrogens with zero attached hydrogens (tertiary/aromatic N) is 2. The lowest BCUT2D eigenvalue weighted by Gasteiger charge is -2.08. The van der Waals surface area contributed by atoms with Crippen molar-refractivity contribution in [1.82, 2.24) is 9.55 Å². The molecule has 0 unspecified atom stereocenters. The highest BCUT2D eigenvalue weighted by molar-refractivity contribution is 5.77. The van der Waals surface area contributed by atoms with Gasteiger partial charge in [-0.1, -0.05) is 0 Å². The van der Waals surface area contributed by atoms with Crippen molar-refractivity contribution in [2.45, 2.75) is 33.2 Å². The van der Waals surface area contributed by atoms with Gasteiger partial charge in [0.25, 0.3) is 0 Å². The number of imidazole rings is 1. The molecule has 1 aromatic heterocycles. The molecule has 0 N–H and O–H groups in total. The number of fused-ring (bicyclic) bond motifs is 1. The van der Waals surface area contributed by atoms with Crippen LogP contribution in [-0.4, -0.2) is 23.3 Å². The largest absolute Gasteiger partial charge is 0.497 e. The predicted molar refractivity (Wildman–Crippen MR) is 96.9 cm³/mol. The van der Waals surface area contributed by atoms with E-state index < -0.39 is 0 Å². The van der Waals surface area contributed by atoms with Crippen LogP contribution in [0, 0.1) is 13.8 Å². The Labute approximate surface area is 143 Å². The zero-order valence-electron chi connectivity index (χ0n) is 14.6. The summed E-state index contributed by atoms with van der Waals surface area (Å²) in [5, 5.41) is 0. The SMILES string of the molecule is COc1ccc(OCCCCn2cnc3cc(C)c(C)cc32)cc1. The van der Waals surface area contributed by atoms with Crippen LogP contribution in [0.15, 0.2) is 42.7 Å². The number of rotatable bonds is 7. The van der Waals surface area contributed by atoms with E-state index >= 15 is 0 Å². The summed E-state index contributed by atoms with van der Waals surface area (Å²) in [6.07, 6.45) is 4.01. The van der Waals surface area contributed by atoms with Crippen molar-refractivity contribution in [3.63, 3.8) is 0 Å². The lowest BCUT2D eigenvalue weighted by molar-refractivity contribution is 0.303. The van der Waals surface area contributed by atoms with Gasteiger partial charge in [-0.05, 0) is 74.2 Å². The molecule has 1 heterocycles. The van der Waals surface area contributed by atoms with Crippen LogP contribution in [0.3, 0.4) is 0 Å². The molecule has 0 saturated heterocycles. The molecule has 0 amide bonds. The first-order chi connectivity index (χ1) is 11.7. The number of methoxy groups -OCH3 is 1. The molecule has 0 radical (unpaired) electrons. The van der Waals surface area contributed by atoms with Crippen LogP contribution >= 0.6 is 0 Å². The fourth-order valence-corrected chi connectivity index (χ4v) is 2.74. The van der Waals surface area contributed by atoms with Gasteiger partial charge in [0, 0.05) is 6.54 Å². The maximum atomic E-state index is 5.77. The molecule has 0 atom stereocenters. The summed E-state index contributed by atoms with van der Waals surface area (Å²) < 4.78 is 13.1. The molecule has 24 heavy (non-hydrogen) atoms. The third kappa shape index (κ3) is 3.70. The molecule has 0 fully saturated rings. The first-order valence-corrected chi connectivity index (χ1v) is 8.36. The second kappa shape index (κ2) is 7.39. The molecule has 0 aliphatic rings. The third-order valence-electron chi connectivity index (χ3n) is 4.36. The van der Waals surface area contributed by atoms with Crippen LogP contribution in [-0.2, 0) is 6.54 Å². The number of aryl methyl sites for hydroxylation is 3. The van der Waals surface area contributed by atoms with Gasteiger partial charge in [0.05, 0.1) is 31.1 Å². The van der Waals surface area contributed by atoms with Crippen molar-refractivity contribution in [1.29, 1.82) is 0 Å². The first-order valence-electron chi connectivity index (χ1n) is 8.36. The minimum absolute atomic E-state index is 0.719. The zero-order chi connectivity index (χ0) is 16.9. The van der Waals surface area contributed by atoms with E-state index in [2.05, 4.69) is 35.5 Å². The summed E-state index contributed by atoms with van der Waals surface area (Å²) >= 11 is 0. The van der Waals surface area contributed by atoms with Crippen LogP contribution in [0.4, 0.5) is 0 Å². The molecule has 3 aromatic rings. The minimum atomic E-state index is 0.719. The van der Waals surface area contributed by atoms with Gasteiger partial charge >= 0.3 is 0 Å². The van der Waals surface area contributed by atoms with Crippen molar-refractivity contribution in [3.05, 3.63) is 53.9 Å². The maximum Gasteiger partial charge on any atom is 0.119 e. The molecular weight excluding hydrogens is 300 g/mol. The average molecular weight is 324 g/mol. The molecule has 4 heteroatoms. The Hall–Kier alpha value is -2.49. The lowest BCUT2D eigenvalue weighted by Crippen LogP contribution is -2.01. The smallest absolute Gasteiger partial charge is 0.119 e. The Kier molecular flexibility index (Phi) is 5.04. The van der Waals surface area contributed by atoms with E-state index in [-0.39, 0.29) is 0 Å². The molecule has 2 aromatic carbocycles. The van der Waals surface area contributed by atoms with E-state index in [1.807, 2.05) is 30.6 Å². The predicted octanol–water partition coefficient (Wildman–Crippen LogP) is 4.52. The van der Waals surface area contributed by atoms with Crippen LogP contribution in [0.1, 0.15) is 24.0 Å². The second-order valence-electron chi connectivity index (χ2n) is 6.09. The summed E-state index contributed by atoms with van der Waals surface area (Å²) in [5.74, 6) is 1.73. The van der Waals surface area contributed by atoms with E-state index in [0.717, 1.165) is 43.0 Å². The van der Waals surface area contributed by atoms with Gasteiger partial charge in [0.15, 0.2) is 0 Å². The lowest BCUT2D eigenvalue weighted by atomic mass is 10.1. The molecule has 126 valence electrons. The van der Waals surface area contributed by atoms with Gasteiger partial charge in [0.2, 0.25) is 0 Å². The topological polar surface area (TPSA) is 36.3 Å². The van der Waals surface area contributed by atoms with Crippen LogP contribution < -0.4 is 9.47 Å². The maximum absolute atomic E-state index is 5.77. The summed E-state index contributed by atoms with van der Waals surface area (Å²) in [6.45, 7) is 5.96. The Balaban J connectivity index is 1.49. The first kappa shape index (κ1) is 16.4. The summed E-state index contributed by atoms with van der Waals surface area (Å²) in [7, 11) is 1.67. The summed E-state index contributed by atoms with van der Waals surface area (Å²) in [4.78, 5) is 4.50. The van der Waals surface area contributed by atoms with Gasteiger partial charge in [-0.25, -0.2) is 4.98 Å². The van der Waals surface area contributed by atoms with E-state index in [1.165, 1.54) is 16.6 Å². The number of unbranched alkanes of at least 4 members (excludes halogenated alkanes) is 1. The van der Waals surface area contributed by atoms with Crippen LogP contribution in [0.5, 0.6) is 11.5 Å². The highest BCUT2D eigenvalue weighted by Crippen LogP contribution is 2.19. The number of hydrogen-bond donors (Lipinski definition) is 0. The van der Waals surface area contributed by atoms with Crippen LogP contribution in [0.2, 0.25) is 0 Å². The quantitative estimate of drug-likeness (QED) is 0.599. The highest BCUT2D eigenvalue weighted by atomic mass is 16.5. The summed E-state index contributed by atoms with van der Waals surface area (Å²) in [6, 6.07) is 12.1. The number of benzene rings is 2. The van der Waals surface area contributed by atoms with Crippen molar-refractivity contribution >= 4 is 11.0 Å². The average Bonchev–Trinajstić information content (AvgIpc) is 2.97. The standard InChI is InChI=1S/C20H24N2O2/c1-15-12-19-20(13-16(15)2)22(14-21-19)10-4-5-11-24-18-8-6-17(23-3)7-9-18/h6-9,12-14H,4-5,10-11H2,1-3H3. The van der Waals surface area contributed by atoms with E-state index in [9.17, 15) is 0 Å². The van der Waals surface area contributed by atoms with E-state index in [1.54, 1.807) is 7.11 Å². The molecule has 4 nitrogen and oxygen atoms in total. The van der Waals surface area contributed by atoms with Crippen molar-refractivity contribution in [3.8, 4) is 11.5 Å². The fraction of sp³-hybridized carbons (Fsp3) is 0.350. The molecule has 0 saturated carbocycles. The molecule has 0 aliphatic carbocycles. The van der Waals surface area contributed by atoms with Gasteiger partial charge in [-0.15, -0.1) is 0 Å². The van der Waals surface area contributed by atoms with E-state index in [4.69, 9.17) is 9.47 Å². The fourth-order valence-electron chi connectivity index (χ4n) is 2.74. The zero-order valence-corrected chi connectivity index (χ0v) is 14.6. The van der Waals surface area contributed by atoms with Crippen molar-refractivity contribution in [2.24, 2.45) is 0 Å². The van der Waals surface area contributed by atoms with Crippen molar-refractivity contribution < 1.29 is 9.47 Å². The molecule has 3 rings (SSSR count). The number of hydrogen-bond acceptors (Lipinski definition) is 3. The molecule has 0 aliphatic heterocycles. The minimum Gasteiger partial charge on any atom is -0.497 e. The normalized spacial score (nSPS) is 11.0. The van der Waals surface area contributed by atoms with Gasteiger partial charge in [-0.3, -0.25) is 0 Å². The Morgan fingerprint density at radius 1 is 0.958 bits per heavy atom. The molecule has 0 bridgehead atoms. The monoisotopic (exact) mass is 324 g/mol. The third-order valence-corrected chi connectivity index (χ3v) is 4.36. The highest BCUT2D eigenvalue weighted by Gasteiger charge is 2.05.